The van der Waals surface area contributed by atoms with Gasteiger partial charge >= 0.3 is 6.18 Å². The number of alkyl halides is 3. The van der Waals surface area contributed by atoms with Gasteiger partial charge in [-0.05, 0) is 34.2 Å². The predicted molar refractivity (Wildman–Crippen MR) is 60.6 cm³/mol. The first-order valence-electron chi connectivity index (χ1n) is 5.20. The summed E-state index contributed by atoms with van der Waals surface area (Å²) < 4.78 is 35.8. The first kappa shape index (κ1) is 13.5. The zero-order valence-corrected chi connectivity index (χ0v) is 10.2. The zero-order valence-electron chi connectivity index (χ0n) is 9.40. The third kappa shape index (κ3) is 4.99. The van der Waals surface area contributed by atoms with Gasteiger partial charge in [0.25, 0.3) is 0 Å². The number of hydrogen-bond donors (Lipinski definition) is 1. The van der Waals surface area contributed by atoms with Gasteiger partial charge in [-0.3, -0.25) is 0 Å². The Hall–Kier alpha value is -0.550. The summed E-state index contributed by atoms with van der Waals surface area (Å²) in [5, 5.41) is 6.36. The molecule has 5 heteroatoms. The maximum atomic E-state index is 11.9. The Morgan fingerprint density at radius 3 is 2.44 bits per heavy atom. The molecule has 1 aromatic rings. The van der Waals surface area contributed by atoms with Crippen LogP contribution in [0.25, 0.3) is 0 Å². The molecular weight excluding hydrogens is 235 g/mol. The van der Waals surface area contributed by atoms with Gasteiger partial charge in [-0.2, -0.15) is 24.5 Å². The molecule has 1 nitrogen and oxygen atoms in total. The van der Waals surface area contributed by atoms with E-state index in [9.17, 15) is 13.2 Å². The van der Waals surface area contributed by atoms with E-state index in [2.05, 4.69) is 19.2 Å². The Balaban J connectivity index is 2.45. The number of hydrogen-bond acceptors (Lipinski definition) is 2. The summed E-state index contributed by atoms with van der Waals surface area (Å²) in [4.78, 5) is 0. The number of thiophene rings is 1. The molecule has 0 radical (unpaired) electrons. The molecule has 0 atom stereocenters. The SMILES string of the molecule is CC(C)Cc1cscc1CNCC(F)(F)F. The van der Waals surface area contributed by atoms with Gasteiger partial charge in [0.05, 0.1) is 6.54 Å². The number of nitrogens with one attached hydrogen (secondary N) is 1. The van der Waals surface area contributed by atoms with Crippen molar-refractivity contribution in [1.82, 2.24) is 5.32 Å². The molecule has 0 aliphatic carbocycles. The van der Waals surface area contributed by atoms with E-state index in [1.165, 1.54) is 0 Å². The minimum absolute atomic E-state index is 0.297. The fourth-order valence-corrected chi connectivity index (χ4v) is 2.34. The smallest absolute Gasteiger partial charge is 0.305 e. The molecule has 0 unspecified atom stereocenters. The highest BCUT2D eigenvalue weighted by atomic mass is 32.1. The summed E-state index contributed by atoms with van der Waals surface area (Å²) in [7, 11) is 0. The first-order chi connectivity index (χ1) is 7.38. The van der Waals surface area contributed by atoms with Crippen LogP contribution in [0.1, 0.15) is 25.0 Å². The van der Waals surface area contributed by atoms with E-state index >= 15 is 0 Å². The van der Waals surface area contributed by atoms with Crippen LogP contribution in [0.4, 0.5) is 13.2 Å². The average Bonchev–Trinajstić information content (AvgIpc) is 2.49. The fraction of sp³-hybridized carbons (Fsp3) is 0.636. The van der Waals surface area contributed by atoms with Crippen molar-refractivity contribution in [2.45, 2.75) is 33.0 Å². The molecule has 0 aliphatic heterocycles. The van der Waals surface area contributed by atoms with Crippen LogP contribution < -0.4 is 5.32 Å². The summed E-state index contributed by atoms with van der Waals surface area (Å²) in [5.74, 6) is 0.524. The van der Waals surface area contributed by atoms with Gasteiger partial charge in [-0.25, -0.2) is 0 Å². The van der Waals surface area contributed by atoms with Gasteiger partial charge in [-0.1, -0.05) is 13.8 Å². The van der Waals surface area contributed by atoms with E-state index in [0.29, 0.717) is 12.5 Å². The van der Waals surface area contributed by atoms with Gasteiger partial charge in [0.15, 0.2) is 0 Å². The van der Waals surface area contributed by atoms with Gasteiger partial charge < -0.3 is 5.32 Å². The Bertz CT molecular complexity index is 317. The van der Waals surface area contributed by atoms with Crippen molar-refractivity contribution in [1.29, 1.82) is 0 Å². The topological polar surface area (TPSA) is 12.0 Å². The Kier molecular flexibility index (Phi) is 4.80. The van der Waals surface area contributed by atoms with Crippen molar-refractivity contribution in [3.63, 3.8) is 0 Å². The molecule has 92 valence electrons. The third-order valence-electron chi connectivity index (χ3n) is 2.10. The van der Waals surface area contributed by atoms with E-state index in [0.717, 1.165) is 17.5 Å². The minimum Gasteiger partial charge on any atom is -0.305 e. The van der Waals surface area contributed by atoms with Crippen LogP contribution in [-0.2, 0) is 13.0 Å². The number of halogens is 3. The molecule has 1 rings (SSSR count). The largest absolute Gasteiger partial charge is 0.401 e. The highest BCUT2D eigenvalue weighted by Crippen LogP contribution is 2.19. The summed E-state index contributed by atoms with van der Waals surface area (Å²) in [6, 6.07) is 0. The van der Waals surface area contributed by atoms with Gasteiger partial charge in [0, 0.05) is 6.54 Å². The normalized spacial score (nSPS) is 12.4. The number of rotatable bonds is 5. The van der Waals surface area contributed by atoms with E-state index in [1.54, 1.807) is 11.3 Å². The summed E-state index contributed by atoms with van der Waals surface area (Å²) in [6.45, 7) is 3.57. The van der Waals surface area contributed by atoms with Gasteiger partial charge in [0.2, 0.25) is 0 Å². The second-order valence-corrected chi connectivity index (χ2v) is 4.98. The third-order valence-corrected chi connectivity index (χ3v) is 2.94. The highest BCUT2D eigenvalue weighted by molar-refractivity contribution is 7.08. The van der Waals surface area contributed by atoms with Gasteiger partial charge in [0.1, 0.15) is 0 Å². The van der Waals surface area contributed by atoms with Crippen molar-refractivity contribution in [2.75, 3.05) is 6.54 Å². The molecule has 0 aromatic carbocycles. The average molecular weight is 251 g/mol. The molecule has 1 N–H and O–H groups in total. The monoisotopic (exact) mass is 251 g/mol. The Morgan fingerprint density at radius 2 is 1.88 bits per heavy atom. The Morgan fingerprint density at radius 1 is 1.25 bits per heavy atom. The van der Waals surface area contributed by atoms with Crippen LogP contribution in [0.3, 0.4) is 0 Å². The van der Waals surface area contributed by atoms with Crippen LogP contribution in [0.5, 0.6) is 0 Å². The lowest BCUT2D eigenvalue weighted by Crippen LogP contribution is -2.28. The van der Waals surface area contributed by atoms with Crippen molar-refractivity contribution in [3.05, 3.63) is 21.9 Å². The molecule has 0 spiro atoms. The summed E-state index contributed by atoms with van der Waals surface area (Å²) >= 11 is 1.54. The molecule has 0 aliphatic rings. The van der Waals surface area contributed by atoms with Crippen LogP contribution in [0, 0.1) is 5.92 Å². The van der Waals surface area contributed by atoms with Crippen molar-refractivity contribution in [3.8, 4) is 0 Å². The standard InChI is InChI=1S/C11H16F3NS/c1-8(2)3-9-5-16-6-10(9)4-15-7-11(12,13)14/h5-6,8,15H,3-4,7H2,1-2H3. The van der Waals surface area contributed by atoms with E-state index in [1.807, 2.05) is 10.8 Å². The van der Waals surface area contributed by atoms with E-state index in [-0.39, 0.29) is 0 Å². The van der Waals surface area contributed by atoms with E-state index in [4.69, 9.17) is 0 Å². The molecule has 0 amide bonds. The van der Waals surface area contributed by atoms with Crippen molar-refractivity contribution >= 4 is 11.3 Å². The molecule has 1 heterocycles. The predicted octanol–water partition coefficient (Wildman–Crippen LogP) is 3.60. The molecule has 0 bridgehead atoms. The second kappa shape index (κ2) is 5.68. The fourth-order valence-electron chi connectivity index (χ4n) is 1.46. The molecule has 0 saturated carbocycles. The maximum absolute atomic E-state index is 11.9. The molecular formula is C11H16F3NS. The van der Waals surface area contributed by atoms with Crippen LogP contribution in [0.2, 0.25) is 0 Å². The molecule has 1 aromatic heterocycles. The van der Waals surface area contributed by atoms with Gasteiger partial charge in [-0.15, -0.1) is 0 Å². The lowest BCUT2D eigenvalue weighted by Gasteiger charge is -2.10. The maximum Gasteiger partial charge on any atom is 0.401 e. The zero-order chi connectivity index (χ0) is 12.2. The second-order valence-electron chi connectivity index (χ2n) is 4.24. The van der Waals surface area contributed by atoms with Crippen LogP contribution in [-0.4, -0.2) is 12.7 Å². The lowest BCUT2D eigenvalue weighted by molar-refractivity contribution is -0.125. The minimum atomic E-state index is -4.13. The van der Waals surface area contributed by atoms with Crippen LogP contribution in [0.15, 0.2) is 10.8 Å². The van der Waals surface area contributed by atoms with Crippen molar-refractivity contribution < 1.29 is 13.2 Å². The molecule has 0 fully saturated rings. The van der Waals surface area contributed by atoms with Crippen LogP contribution >= 0.6 is 11.3 Å². The lowest BCUT2D eigenvalue weighted by atomic mass is 10.0. The summed E-state index contributed by atoms with van der Waals surface area (Å²) in [6.07, 6.45) is -3.21. The quantitative estimate of drug-likeness (QED) is 0.843. The first-order valence-corrected chi connectivity index (χ1v) is 6.14. The Labute approximate surface area is 97.7 Å². The summed E-state index contributed by atoms with van der Waals surface area (Å²) in [5.41, 5.74) is 2.15. The van der Waals surface area contributed by atoms with E-state index < -0.39 is 12.7 Å². The molecule has 16 heavy (non-hydrogen) atoms. The van der Waals surface area contributed by atoms with Crippen molar-refractivity contribution in [2.24, 2.45) is 5.92 Å². The highest BCUT2D eigenvalue weighted by Gasteiger charge is 2.26. The molecule has 0 saturated heterocycles.